The van der Waals surface area contributed by atoms with Crippen LogP contribution in [0.3, 0.4) is 0 Å². The predicted molar refractivity (Wildman–Crippen MR) is 75.4 cm³/mol. The highest BCUT2D eigenvalue weighted by Crippen LogP contribution is 2.21. The number of nitro groups is 1. The summed E-state index contributed by atoms with van der Waals surface area (Å²) in [6.45, 7) is 2.09. The number of hydrogen-bond acceptors (Lipinski definition) is 4. The quantitative estimate of drug-likeness (QED) is 0.641. The molecule has 0 fully saturated rings. The molecule has 106 valence electrons. The van der Waals surface area contributed by atoms with Crippen LogP contribution in [0, 0.1) is 16.0 Å². The number of benzene rings is 1. The highest BCUT2D eigenvalue weighted by molar-refractivity contribution is 6.31. The van der Waals surface area contributed by atoms with Crippen molar-refractivity contribution >= 4 is 35.6 Å². The van der Waals surface area contributed by atoms with Gasteiger partial charge in [0.1, 0.15) is 0 Å². The van der Waals surface area contributed by atoms with Gasteiger partial charge in [-0.15, -0.1) is 12.4 Å². The number of nitrogens with two attached hydrogens (primary N) is 1. The lowest BCUT2D eigenvalue weighted by atomic mass is 10.1. The van der Waals surface area contributed by atoms with E-state index in [1.807, 2.05) is 0 Å². The fraction of sp³-hybridized carbons (Fsp3) is 0.364. The highest BCUT2D eigenvalue weighted by atomic mass is 35.5. The molecule has 19 heavy (non-hydrogen) atoms. The third kappa shape index (κ3) is 5.02. The second kappa shape index (κ2) is 7.93. The first-order valence-corrected chi connectivity index (χ1v) is 5.74. The van der Waals surface area contributed by atoms with E-state index < -0.39 is 4.92 Å². The van der Waals surface area contributed by atoms with Crippen molar-refractivity contribution in [3.63, 3.8) is 0 Å². The minimum atomic E-state index is -0.510. The molecule has 0 aromatic heterocycles. The molecular formula is C11H15Cl2N3O3. The molecule has 0 spiro atoms. The number of non-ortho nitro benzene ring substituents is 1. The van der Waals surface area contributed by atoms with Gasteiger partial charge in [-0.05, 0) is 11.6 Å². The zero-order valence-corrected chi connectivity index (χ0v) is 11.8. The Balaban J connectivity index is 0.00000324. The summed E-state index contributed by atoms with van der Waals surface area (Å²) >= 11 is 5.90. The number of nitrogens with one attached hydrogen (secondary N) is 1. The molecule has 0 heterocycles. The zero-order valence-electron chi connectivity index (χ0n) is 10.3. The largest absolute Gasteiger partial charge is 0.352 e. The molecular weight excluding hydrogens is 293 g/mol. The van der Waals surface area contributed by atoms with Crippen molar-refractivity contribution in [2.24, 2.45) is 11.7 Å². The molecule has 3 N–H and O–H groups in total. The number of rotatable bonds is 5. The lowest BCUT2D eigenvalue weighted by molar-refractivity contribution is -0.384. The number of carbonyl (C=O) groups excluding carboxylic acids is 1. The molecule has 0 aliphatic carbocycles. The van der Waals surface area contributed by atoms with Gasteiger partial charge in [0.2, 0.25) is 5.91 Å². The molecule has 8 heteroatoms. The van der Waals surface area contributed by atoms with Crippen LogP contribution in [0.2, 0.25) is 5.02 Å². The van der Waals surface area contributed by atoms with Crippen LogP contribution in [0.4, 0.5) is 5.69 Å². The van der Waals surface area contributed by atoms with Gasteiger partial charge < -0.3 is 11.1 Å². The summed E-state index contributed by atoms with van der Waals surface area (Å²) in [4.78, 5) is 21.6. The minimum Gasteiger partial charge on any atom is -0.352 e. The van der Waals surface area contributed by atoms with Crippen LogP contribution in [-0.2, 0) is 11.3 Å². The molecule has 1 amide bonds. The van der Waals surface area contributed by atoms with E-state index in [-0.39, 0.29) is 43.0 Å². The van der Waals surface area contributed by atoms with E-state index in [0.29, 0.717) is 10.6 Å². The number of hydrogen-bond donors (Lipinski definition) is 2. The summed E-state index contributed by atoms with van der Waals surface area (Å²) in [5.74, 6) is -0.512. The van der Waals surface area contributed by atoms with Crippen molar-refractivity contribution in [1.82, 2.24) is 5.32 Å². The Bertz CT molecular complexity index is 468. The summed E-state index contributed by atoms with van der Waals surface area (Å²) in [5.41, 5.74) is 5.80. The van der Waals surface area contributed by atoms with E-state index in [2.05, 4.69) is 5.32 Å². The van der Waals surface area contributed by atoms with Gasteiger partial charge in [-0.25, -0.2) is 0 Å². The van der Waals surface area contributed by atoms with E-state index in [1.54, 1.807) is 6.92 Å². The Kier molecular flexibility index (Phi) is 7.36. The van der Waals surface area contributed by atoms with Crippen molar-refractivity contribution in [3.05, 3.63) is 38.9 Å². The predicted octanol–water partition coefficient (Wildman–Crippen LogP) is 1.88. The third-order valence-corrected chi connectivity index (χ3v) is 2.86. The van der Waals surface area contributed by atoms with Crippen molar-refractivity contribution in [1.29, 1.82) is 0 Å². The molecule has 0 aliphatic heterocycles. The van der Waals surface area contributed by atoms with Crippen LogP contribution in [-0.4, -0.2) is 17.4 Å². The van der Waals surface area contributed by atoms with Gasteiger partial charge in [0.15, 0.2) is 0 Å². The van der Waals surface area contributed by atoms with Crippen LogP contribution in [0.1, 0.15) is 12.5 Å². The van der Waals surface area contributed by atoms with E-state index in [4.69, 9.17) is 17.3 Å². The Hall–Kier alpha value is -1.37. The first-order valence-electron chi connectivity index (χ1n) is 5.36. The van der Waals surface area contributed by atoms with Crippen LogP contribution < -0.4 is 11.1 Å². The molecule has 1 aromatic carbocycles. The molecule has 0 aliphatic rings. The summed E-state index contributed by atoms with van der Waals surface area (Å²) in [5, 5.41) is 13.6. The van der Waals surface area contributed by atoms with Crippen molar-refractivity contribution in [3.8, 4) is 0 Å². The Morgan fingerprint density at radius 1 is 1.58 bits per heavy atom. The van der Waals surface area contributed by atoms with Gasteiger partial charge in [0, 0.05) is 36.2 Å². The van der Waals surface area contributed by atoms with Crippen LogP contribution in [0.5, 0.6) is 0 Å². The van der Waals surface area contributed by atoms with Crippen LogP contribution in [0.15, 0.2) is 18.2 Å². The first-order chi connectivity index (χ1) is 8.45. The van der Waals surface area contributed by atoms with Gasteiger partial charge >= 0.3 is 0 Å². The van der Waals surface area contributed by atoms with Crippen molar-refractivity contribution in [2.75, 3.05) is 6.54 Å². The molecule has 6 nitrogen and oxygen atoms in total. The topological polar surface area (TPSA) is 98.3 Å². The highest BCUT2D eigenvalue weighted by Gasteiger charge is 2.13. The summed E-state index contributed by atoms with van der Waals surface area (Å²) in [7, 11) is 0. The molecule has 1 aromatic rings. The third-order valence-electron chi connectivity index (χ3n) is 2.49. The second-order valence-corrected chi connectivity index (χ2v) is 4.29. The smallest absolute Gasteiger partial charge is 0.269 e. The SMILES string of the molecule is CC(CN)C(=O)NCc1cc([N+](=O)[O-])ccc1Cl.Cl. The van der Waals surface area contributed by atoms with Crippen molar-refractivity contribution < 1.29 is 9.72 Å². The number of halogens is 2. The maximum absolute atomic E-state index is 11.5. The fourth-order valence-corrected chi connectivity index (χ4v) is 1.46. The molecule has 1 unspecified atom stereocenters. The van der Waals surface area contributed by atoms with E-state index in [1.165, 1.54) is 18.2 Å². The molecule has 0 saturated carbocycles. The van der Waals surface area contributed by atoms with E-state index >= 15 is 0 Å². The molecule has 1 atom stereocenters. The summed E-state index contributed by atoms with van der Waals surface area (Å²) < 4.78 is 0. The maximum Gasteiger partial charge on any atom is 0.269 e. The van der Waals surface area contributed by atoms with Crippen LogP contribution >= 0.6 is 24.0 Å². The average Bonchev–Trinajstić information content (AvgIpc) is 2.36. The van der Waals surface area contributed by atoms with Gasteiger partial charge in [0.05, 0.1) is 4.92 Å². The van der Waals surface area contributed by atoms with Gasteiger partial charge in [-0.3, -0.25) is 14.9 Å². The number of nitro benzene ring substituents is 1. The van der Waals surface area contributed by atoms with Gasteiger partial charge in [-0.1, -0.05) is 18.5 Å². The van der Waals surface area contributed by atoms with E-state index in [9.17, 15) is 14.9 Å². The Morgan fingerprint density at radius 2 is 2.21 bits per heavy atom. The van der Waals surface area contributed by atoms with Crippen LogP contribution in [0.25, 0.3) is 0 Å². The molecule has 1 rings (SSSR count). The number of nitrogens with zero attached hydrogens (tertiary/aromatic N) is 1. The monoisotopic (exact) mass is 307 g/mol. The fourth-order valence-electron chi connectivity index (χ4n) is 1.27. The molecule has 0 radical (unpaired) electrons. The zero-order chi connectivity index (χ0) is 13.7. The van der Waals surface area contributed by atoms with Gasteiger partial charge in [0.25, 0.3) is 5.69 Å². The first kappa shape index (κ1) is 17.6. The van der Waals surface area contributed by atoms with Crippen molar-refractivity contribution in [2.45, 2.75) is 13.5 Å². The lowest BCUT2D eigenvalue weighted by Gasteiger charge is -2.10. The van der Waals surface area contributed by atoms with Gasteiger partial charge in [-0.2, -0.15) is 0 Å². The molecule has 0 saturated heterocycles. The summed E-state index contributed by atoms with van der Waals surface area (Å²) in [6.07, 6.45) is 0. The Labute approximate surface area is 121 Å². The second-order valence-electron chi connectivity index (χ2n) is 3.89. The average molecular weight is 308 g/mol. The molecule has 0 bridgehead atoms. The lowest BCUT2D eigenvalue weighted by Crippen LogP contribution is -2.32. The standard InChI is InChI=1S/C11H14ClN3O3.ClH/c1-7(5-13)11(16)14-6-8-4-9(15(17)18)2-3-10(8)12;/h2-4,7H,5-6,13H2,1H3,(H,14,16);1H. The summed E-state index contributed by atoms with van der Waals surface area (Å²) in [6, 6.07) is 4.10. The normalized spacial score (nSPS) is 11.3. The maximum atomic E-state index is 11.5. The van der Waals surface area contributed by atoms with E-state index in [0.717, 1.165) is 0 Å². The number of carbonyl (C=O) groups is 1. The number of amides is 1. The minimum absolute atomic E-state index is 0. The Morgan fingerprint density at radius 3 is 2.74 bits per heavy atom.